The van der Waals surface area contributed by atoms with Crippen molar-refractivity contribution < 1.29 is 14.3 Å². The molecule has 5 rings (SSSR count). The summed E-state index contributed by atoms with van der Waals surface area (Å²) < 4.78 is 11.7. The van der Waals surface area contributed by atoms with Crippen LogP contribution in [0.15, 0.2) is 54.9 Å². The highest BCUT2D eigenvalue weighted by Gasteiger charge is 2.44. The number of benzene rings is 2. The molecule has 2 aromatic carbocycles. The van der Waals surface area contributed by atoms with Crippen LogP contribution in [0.4, 0.5) is 0 Å². The van der Waals surface area contributed by atoms with Crippen molar-refractivity contribution in [1.82, 2.24) is 9.88 Å². The van der Waals surface area contributed by atoms with E-state index in [1.807, 2.05) is 18.5 Å². The van der Waals surface area contributed by atoms with Crippen LogP contribution in [0.25, 0.3) is 10.8 Å². The number of rotatable bonds is 4. The normalized spacial score (nSPS) is 20.8. The maximum absolute atomic E-state index is 14.2. The number of nitrogens with zero attached hydrogens (tertiary/aromatic N) is 2. The Morgan fingerprint density at radius 2 is 1.79 bits per heavy atom. The van der Waals surface area contributed by atoms with Crippen LogP contribution in [-0.2, 0) is 26.1 Å². The molecule has 0 saturated carbocycles. The summed E-state index contributed by atoms with van der Waals surface area (Å²) in [6.07, 6.45) is 6.08. The van der Waals surface area contributed by atoms with Crippen LogP contribution < -0.4 is 0 Å². The summed E-state index contributed by atoms with van der Waals surface area (Å²) in [6, 6.07) is 15.2. The fraction of sp³-hybridized carbons (Fsp3) is 0.448. The van der Waals surface area contributed by atoms with Gasteiger partial charge in [-0.1, -0.05) is 41.5 Å². The summed E-state index contributed by atoms with van der Waals surface area (Å²) in [5.41, 5.74) is 4.30. The zero-order valence-electron chi connectivity index (χ0n) is 20.3. The number of fused-ring (bicyclic) bond motifs is 1. The smallest absolute Gasteiger partial charge is 0.233 e. The second kappa shape index (κ2) is 9.85. The number of hydrogen-bond acceptors (Lipinski definition) is 4. The van der Waals surface area contributed by atoms with E-state index in [1.165, 1.54) is 22.1 Å². The molecule has 0 radical (unpaired) electrons. The summed E-state index contributed by atoms with van der Waals surface area (Å²) in [7, 11) is 0. The Labute approximate surface area is 202 Å². The van der Waals surface area contributed by atoms with Crippen molar-refractivity contribution in [3.05, 3.63) is 77.1 Å². The molecule has 0 aliphatic carbocycles. The number of hydrogen-bond donors (Lipinski definition) is 0. The van der Waals surface area contributed by atoms with Gasteiger partial charge >= 0.3 is 0 Å². The Morgan fingerprint density at radius 3 is 2.59 bits per heavy atom. The number of aromatic nitrogens is 1. The molecular weight excluding hydrogens is 424 g/mol. The molecule has 5 heteroatoms. The van der Waals surface area contributed by atoms with E-state index in [1.54, 1.807) is 0 Å². The Kier molecular flexibility index (Phi) is 6.66. The summed E-state index contributed by atoms with van der Waals surface area (Å²) in [4.78, 5) is 20.6. The van der Waals surface area contributed by atoms with E-state index < -0.39 is 5.41 Å². The molecule has 3 aromatic rings. The van der Waals surface area contributed by atoms with Gasteiger partial charge in [-0.05, 0) is 61.8 Å². The topological polar surface area (TPSA) is 51.7 Å². The summed E-state index contributed by atoms with van der Waals surface area (Å²) >= 11 is 0. The number of ether oxygens (including phenoxy) is 2. The maximum Gasteiger partial charge on any atom is 0.233 e. The molecule has 0 bridgehead atoms. The van der Waals surface area contributed by atoms with Gasteiger partial charge in [0.05, 0.1) is 18.6 Å². The van der Waals surface area contributed by atoms with E-state index in [-0.39, 0.29) is 11.8 Å². The fourth-order valence-corrected chi connectivity index (χ4v) is 5.68. The van der Waals surface area contributed by atoms with Gasteiger partial charge in [0, 0.05) is 50.0 Å². The van der Waals surface area contributed by atoms with Crippen molar-refractivity contribution in [3.63, 3.8) is 0 Å². The lowest BCUT2D eigenvalue weighted by molar-refractivity contribution is -0.141. The maximum atomic E-state index is 14.2. The van der Waals surface area contributed by atoms with E-state index in [0.29, 0.717) is 33.0 Å². The summed E-state index contributed by atoms with van der Waals surface area (Å²) in [5.74, 6) is 0.496. The molecule has 5 nitrogen and oxygen atoms in total. The number of carbonyl (C=O) groups excluding carboxylic acids is 1. The van der Waals surface area contributed by atoms with Gasteiger partial charge in [0.25, 0.3) is 0 Å². The second-order valence-electron chi connectivity index (χ2n) is 10.0. The van der Waals surface area contributed by atoms with Crippen molar-refractivity contribution in [2.24, 2.45) is 5.92 Å². The Balaban J connectivity index is 1.39. The van der Waals surface area contributed by atoms with Gasteiger partial charge in [-0.15, -0.1) is 0 Å². The Bertz CT molecular complexity index is 1150. The first-order chi connectivity index (χ1) is 16.5. The van der Waals surface area contributed by atoms with Crippen LogP contribution in [0.5, 0.6) is 0 Å². The minimum atomic E-state index is -0.515. The van der Waals surface area contributed by atoms with Crippen LogP contribution in [0.1, 0.15) is 35.1 Å². The van der Waals surface area contributed by atoms with Gasteiger partial charge in [-0.25, -0.2) is 0 Å². The van der Waals surface area contributed by atoms with E-state index in [2.05, 4.69) is 60.1 Å². The van der Waals surface area contributed by atoms with Crippen LogP contribution in [0, 0.1) is 19.8 Å². The zero-order chi connectivity index (χ0) is 23.5. The lowest BCUT2D eigenvalue weighted by Crippen LogP contribution is -2.51. The average Bonchev–Trinajstić information content (AvgIpc) is 3.09. The molecule has 0 N–H and O–H groups in total. The molecule has 2 aliphatic rings. The van der Waals surface area contributed by atoms with Gasteiger partial charge in [0.2, 0.25) is 5.91 Å². The van der Waals surface area contributed by atoms with Crippen molar-refractivity contribution >= 4 is 16.7 Å². The molecule has 1 atom stereocenters. The minimum absolute atomic E-state index is 0.235. The molecule has 1 unspecified atom stereocenters. The number of carbonyl (C=O) groups is 1. The third-order valence-electron chi connectivity index (χ3n) is 7.38. The molecule has 2 saturated heterocycles. The van der Waals surface area contributed by atoms with Crippen LogP contribution >= 0.6 is 0 Å². The third kappa shape index (κ3) is 4.73. The van der Waals surface area contributed by atoms with Gasteiger partial charge in [0.15, 0.2) is 0 Å². The van der Waals surface area contributed by atoms with Gasteiger partial charge in [-0.2, -0.15) is 0 Å². The molecule has 2 fully saturated rings. The Hall–Kier alpha value is -2.76. The molecule has 0 spiro atoms. The number of aryl methyl sites for hydroxylation is 2. The quantitative estimate of drug-likeness (QED) is 0.573. The van der Waals surface area contributed by atoms with Crippen molar-refractivity contribution in [2.75, 3.05) is 39.5 Å². The highest BCUT2D eigenvalue weighted by Crippen LogP contribution is 2.38. The van der Waals surface area contributed by atoms with E-state index in [0.717, 1.165) is 36.8 Å². The van der Waals surface area contributed by atoms with E-state index in [4.69, 9.17) is 9.47 Å². The molecule has 1 amide bonds. The first kappa shape index (κ1) is 23.0. The molecule has 1 aromatic heterocycles. The van der Waals surface area contributed by atoms with Crippen molar-refractivity contribution in [1.29, 1.82) is 0 Å². The second-order valence-corrected chi connectivity index (χ2v) is 10.0. The molecule has 3 heterocycles. The summed E-state index contributed by atoms with van der Waals surface area (Å²) in [5, 5.41) is 2.35. The Morgan fingerprint density at radius 1 is 1.00 bits per heavy atom. The first-order valence-electron chi connectivity index (χ1n) is 12.4. The fourth-order valence-electron chi connectivity index (χ4n) is 5.68. The average molecular weight is 459 g/mol. The molecule has 34 heavy (non-hydrogen) atoms. The van der Waals surface area contributed by atoms with Crippen LogP contribution in [0.3, 0.4) is 0 Å². The SMILES string of the molecule is Cc1cc(C)cc(C2(C(=O)N3CCOCC(Cc4ccc5ccncc5c4)C3)CCOCC2)c1. The molecular formula is C29H34N2O3. The van der Waals surface area contributed by atoms with E-state index >= 15 is 0 Å². The standard InChI is InChI=1S/C29H34N2O3/c1-21-13-22(2)15-27(14-21)29(6-10-33-11-7-29)28(32)31-9-12-34-20-24(19-31)16-23-3-4-25-5-8-30-18-26(25)17-23/h3-5,8,13-15,17-18,24H,6-7,9-12,16,19-20H2,1-2H3. The summed E-state index contributed by atoms with van der Waals surface area (Å²) in [6.45, 7) is 8.10. The van der Waals surface area contributed by atoms with Gasteiger partial charge in [0.1, 0.15) is 0 Å². The van der Waals surface area contributed by atoms with Gasteiger partial charge < -0.3 is 14.4 Å². The van der Waals surface area contributed by atoms with Crippen LogP contribution in [-0.4, -0.2) is 55.3 Å². The van der Waals surface area contributed by atoms with E-state index in [9.17, 15) is 4.79 Å². The highest BCUT2D eigenvalue weighted by atomic mass is 16.5. The lowest BCUT2D eigenvalue weighted by Gasteiger charge is -2.40. The number of amides is 1. The van der Waals surface area contributed by atoms with Crippen molar-refractivity contribution in [2.45, 2.75) is 38.5 Å². The highest BCUT2D eigenvalue weighted by molar-refractivity contribution is 5.88. The zero-order valence-corrected chi connectivity index (χ0v) is 20.3. The van der Waals surface area contributed by atoms with Crippen molar-refractivity contribution in [3.8, 4) is 0 Å². The minimum Gasteiger partial charge on any atom is -0.381 e. The molecule has 178 valence electrons. The van der Waals surface area contributed by atoms with Crippen LogP contribution in [0.2, 0.25) is 0 Å². The predicted octanol–water partition coefficient (Wildman–Crippen LogP) is 4.62. The van der Waals surface area contributed by atoms with Gasteiger partial charge in [-0.3, -0.25) is 9.78 Å². The first-order valence-corrected chi connectivity index (χ1v) is 12.4. The third-order valence-corrected chi connectivity index (χ3v) is 7.38. The lowest BCUT2D eigenvalue weighted by atomic mass is 9.72. The molecule has 2 aliphatic heterocycles. The monoisotopic (exact) mass is 458 g/mol. The largest absolute Gasteiger partial charge is 0.381 e. The number of pyridine rings is 1. The predicted molar refractivity (Wildman–Crippen MR) is 134 cm³/mol.